The van der Waals surface area contributed by atoms with Gasteiger partial charge >= 0.3 is 5.97 Å². The molecular formula is C6H9FO4S. The third-order valence-corrected chi connectivity index (χ3v) is 3.48. The van der Waals surface area contributed by atoms with E-state index in [4.69, 9.17) is 0 Å². The van der Waals surface area contributed by atoms with Gasteiger partial charge in [-0.15, -0.1) is 0 Å². The molecule has 0 aromatic carbocycles. The Bertz CT molecular complexity index is 284. The molecule has 0 spiro atoms. The van der Waals surface area contributed by atoms with Crippen LogP contribution < -0.4 is 0 Å². The lowest BCUT2D eigenvalue weighted by Gasteiger charge is -2.06. The van der Waals surface area contributed by atoms with Gasteiger partial charge in [-0.1, -0.05) is 0 Å². The number of halogens is 1. The fourth-order valence-corrected chi connectivity index (χ4v) is 2.92. The van der Waals surface area contributed by atoms with Gasteiger partial charge in [0.1, 0.15) is 12.1 Å². The van der Waals surface area contributed by atoms with Gasteiger partial charge in [0.05, 0.1) is 18.6 Å². The maximum Gasteiger partial charge on any atom is 0.312 e. The second-order valence-electron chi connectivity index (χ2n) is 2.72. The molecule has 0 radical (unpaired) electrons. The van der Waals surface area contributed by atoms with E-state index in [0.717, 1.165) is 7.11 Å². The number of sulfone groups is 1. The molecule has 1 heterocycles. The van der Waals surface area contributed by atoms with Crippen LogP contribution in [0.1, 0.15) is 0 Å². The predicted octanol–water partition coefficient (Wildman–Crippen LogP) is -0.458. The summed E-state index contributed by atoms with van der Waals surface area (Å²) in [6.07, 6.45) is -1.61. The van der Waals surface area contributed by atoms with Gasteiger partial charge in [0, 0.05) is 0 Å². The molecule has 1 fully saturated rings. The number of rotatable bonds is 1. The van der Waals surface area contributed by atoms with Crippen molar-refractivity contribution in [3.05, 3.63) is 0 Å². The molecule has 1 aliphatic heterocycles. The molecule has 2 atom stereocenters. The van der Waals surface area contributed by atoms with Crippen LogP contribution >= 0.6 is 0 Å². The van der Waals surface area contributed by atoms with Crippen LogP contribution in [0.5, 0.6) is 0 Å². The van der Waals surface area contributed by atoms with Crippen LogP contribution in [0, 0.1) is 5.92 Å². The monoisotopic (exact) mass is 196 g/mol. The Kier molecular flexibility index (Phi) is 2.36. The van der Waals surface area contributed by atoms with E-state index in [1.165, 1.54) is 0 Å². The van der Waals surface area contributed by atoms with Crippen molar-refractivity contribution >= 4 is 15.8 Å². The maximum atomic E-state index is 12.8. The Morgan fingerprint density at radius 3 is 2.42 bits per heavy atom. The zero-order chi connectivity index (χ0) is 9.35. The molecule has 0 aromatic rings. The highest BCUT2D eigenvalue weighted by Gasteiger charge is 2.42. The van der Waals surface area contributed by atoms with Gasteiger partial charge in [0.25, 0.3) is 0 Å². The molecule has 0 N–H and O–H groups in total. The van der Waals surface area contributed by atoms with Gasteiger partial charge in [-0.25, -0.2) is 12.8 Å². The lowest BCUT2D eigenvalue weighted by Crippen LogP contribution is -2.24. The first-order valence-electron chi connectivity index (χ1n) is 3.38. The van der Waals surface area contributed by atoms with Crippen molar-refractivity contribution in [1.29, 1.82) is 0 Å². The third-order valence-electron chi connectivity index (χ3n) is 1.79. The van der Waals surface area contributed by atoms with E-state index >= 15 is 0 Å². The van der Waals surface area contributed by atoms with E-state index in [2.05, 4.69) is 4.74 Å². The summed E-state index contributed by atoms with van der Waals surface area (Å²) in [7, 11) is -2.26. The summed E-state index contributed by atoms with van der Waals surface area (Å²) in [5.74, 6) is -2.91. The zero-order valence-electron chi connectivity index (χ0n) is 6.49. The maximum absolute atomic E-state index is 12.8. The number of methoxy groups -OCH3 is 1. The molecule has 1 aliphatic rings. The number of hydrogen-bond acceptors (Lipinski definition) is 4. The van der Waals surface area contributed by atoms with Crippen molar-refractivity contribution in [2.24, 2.45) is 5.92 Å². The Labute approximate surface area is 69.6 Å². The highest BCUT2D eigenvalue weighted by atomic mass is 32.2. The minimum atomic E-state index is -3.38. The molecular weight excluding hydrogens is 187 g/mol. The summed E-state index contributed by atoms with van der Waals surface area (Å²) in [4.78, 5) is 10.8. The number of ether oxygens (including phenoxy) is 1. The Morgan fingerprint density at radius 2 is 2.08 bits per heavy atom. The van der Waals surface area contributed by atoms with Gasteiger partial charge in [0.2, 0.25) is 0 Å². The summed E-state index contributed by atoms with van der Waals surface area (Å²) in [6.45, 7) is 0. The average molecular weight is 196 g/mol. The number of alkyl halides is 1. The highest BCUT2D eigenvalue weighted by Crippen LogP contribution is 2.22. The molecule has 0 saturated carbocycles. The molecule has 12 heavy (non-hydrogen) atoms. The van der Waals surface area contributed by atoms with Crippen LogP contribution in [-0.4, -0.2) is 39.2 Å². The van der Waals surface area contributed by atoms with E-state index in [9.17, 15) is 17.6 Å². The Balaban J connectivity index is 2.77. The van der Waals surface area contributed by atoms with Crippen molar-refractivity contribution in [1.82, 2.24) is 0 Å². The summed E-state index contributed by atoms with van der Waals surface area (Å²) >= 11 is 0. The van der Waals surface area contributed by atoms with Crippen molar-refractivity contribution < 1.29 is 22.3 Å². The van der Waals surface area contributed by atoms with E-state index in [1.54, 1.807) is 0 Å². The van der Waals surface area contributed by atoms with E-state index < -0.39 is 39.4 Å². The number of hydrogen-bond donors (Lipinski definition) is 0. The topological polar surface area (TPSA) is 60.4 Å². The standard InChI is InChI=1S/C6H9FO4S/c1-11-6(8)4-2-12(9,10)3-5(4)7/h4-5H,2-3H2,1H3/t4-,5-/m1/s1. The molecule has 1 rings (SSSR count). The van der Waals surface area contributed by atoms with E-state index in [-0.39, 0.29) is 0 Å². The largest absolute Gasteiger partial charge is 0.469 e. The van der Waals surface area contributed by atoms with Crippen molar-refractivity contribution in [3.8, 4) is 0 Å². The summed E-state index contributed by atoms with van der Waals surface area (Å²) < 4.78 is 38.7. The van der Waals surface area contributed by atoms with Gasteiger partial charge in [-0.05, 0) is 0 Å². The minimum Gasteiger partial charge on any atom is -0.469 e. The van der Waals surface area contributed by atoms with Crippen molar-refractivity contribution in [3.63, 3.8) is 0 Å². The van der Waals surface area contributed by atoms with Crippen molar-refractivity contribution in [2.75, 3.05) is 18.6 Å². The van der Waals surface area contributed by atoms with Crippen LogP contribution in [0.3, 0.4) is 0 Å². The SMILES string of the molecule is COC(=O)[C@@H]1CS(=O)(=O)C[C@H]1F. The van der Waals surface area contributed by atoms with Gasteiger partial charge in [-0.2, -0.15) is 0 Å². The molecule has 0 aromatic heterocycles. The van der Waals surface area contributed by atoms with Gasteiger partial charge in [0.15, 0.2) is 9.84 Å². The molecule has 0 aliphatic carbocycles. The predicted molar refractivity (Wildman–Crippen MR) is 39.1 cm³/mol. The molecule has 70 valence electrons. The van der Waals surface area contributed by atoms with Crippen LogP contribution in [0.25, 0.3) is 0 Å². The zero-order valence-corrected chi connectivity index (χ0v) is 7.30. The number of esters is 1. The summed E-state index contributed by atoms with van der Waals surface area (Å²) in [6, 6.07) is 0. The first-order chi connectivity index (χ1) is 5.46. The Hall–Kier alpha value is -0.650. The summed E-state index contributed by atoms with van der Waals surface area (Å²) in [5, 5.41) is 0. The average Bonchev–Trinajstić information content (AvgIpc) is 2.23. The van der Waals surface area contributed by atoms with E-state index in [0.29, 0.717) is 0 Å². The highest BCUT2D eigenvalue weighted by molar-refractivity contribution is 7.91. The molecule has 4 nitrogen and oxygen atoms in total. The van der Waals surface area contributed by atoms with Crippen molar-refractivity contribution in [2.45, 2.75) is 6.17 Å². The van der Waals surface area contributed by atoms with Crippen LogP contribution in [0.4, 0.5) is 4.39 Å². The quantitative estimate of drug-likeness (QED) is 0.532. The fourth-order valence-electron chi connectivity index (χ4n) is 1.17. The first kappa shape index (κ1) is 9.44. The van der Waals surface area contributed by atoms with Gasteiger partial charge < -0.3 is 4.74 Å². The molecule has 0 bridgehead atoms. The first-order valence-corrected chi connectivity index (χ1v) is 5.21. The second-order valence-corrected chi connectivity index (χ2v) is 4.88. The normalized spacial score (nSPS) is 33.2. The third kappa shape index (κ3) is 1.74. The molecule has 0 unspecified atom stereocenters. The second kappa shape index (κ2) is 3.01. The lowest BCUT2D eigenvalue weighted by atomic mass is 10.1. The summed E-state index contributed by atoms with van der Waals surface area (Å²) in [5.41, 5.74) is 0. The molecule has 1 saturated heterocycles. The van der Waals surface area contributed by atoms with Crippen LogP contribution in [0.15, 0.2) is 0 Å². The Morgan fingerprint density at radius 1 is 1.50 bits per heavy atom. The van der Waals surface area contributed by atoms with Gasteiger partial charge in [-0.3, -0.25) is 4.79 Å². The van der Waals surface area contributed by atoms with E-state index in [1.807, 2.05) is 0 Å². The lowest BCUT2D eigenvalue weighted by molar-refractivity contribution is -0.146. The smallest absolute Gasteiger partial charge is 0.312 e. The minimum absolute atomic E-state index is 0.430. The molecule has 0 amide bonds. The fraction of sp³-hybridized carbons (Fsp3) is 0.833. The number of carbonyl (C=O) groups excluding carboxylic acids is 1. The number of carbonyl (C=O) groups is 1. The molecule has 6 heteroatoms. The van der Waals surface area contributed by atoms with Crippen LogP contribution in [0.2, 0.25) is 0 Å². The van der Waals surface area contributed by atoms with Crippen LogP contribution in [-0.2, 0) is 19.4 Å².